The lowest BCUT2D eigenvalue weighted by atomic mass is 10.0. The second-order valence-electron chi connectivity index (χ2n) is 5.81. The van der Waals surface area contributed by atoms with Gasteiger partial charge in [-0.1, -0.05) is 6.42 Å². The van der Waals surface area contributed by atoms with Crippen molar-refractivity contribution in [2.75, 3.05) is 37.7 Å². The zero-order valence-electron chi connectivity index (χ0n) is 12.5. The Labute approximate surface area is 125 Å². The van der Waals surface area contributed by atoms with E-state index in [2.05, 4.69) is 15.3 Å². The van der Waals surface area contributed by atoms with Crippen LogP contribution in [0.2, 0.25) is 0 Å². The van der Waals surface area contributed by atoms with E-state index in [0.717, 1.165) is 45.0 Å². The fourth-order valence-corrected chi connectivity index (χ4v) is 3.03. The molecule has 0 amide bonds. The van der Waals surface area contributed by atoms with E-state index in [1.54, 1.807) is 16.9 Å². The van der Waals surface area contributed by atoms with Crippen LogP contribution in [0.5, 0.6) is 0 Å². The van der Waals surface area contributed by atoms with Crippen LogP contribution in [0.15, 0.2) is 17.1 Å². The number of rotatable bonds is 4. The van der Waals surface area contributed by atoms with E-state index in [-0.39, 0.29) is 5.56 Å². The monoisotopic (exact) mass is 292 g/mol. The molecule has 2 aliphatic heterocycles. The van der Waals surface area contributed by atoms with E-state index < -0.39 is 0 Å². The first-order valence-corrected chi connectivity index (χ1v) is 7.96. The highest BCUT2D eigenvalue weighted by Gasteiger charge is 2.15. The predicted molar refractivity (Wildman–Crippen MR) is 81.8 cm³/mol. The molecule has 6 heteroatoms. The zero-order chi connectivity index (χ0) is 14.5. The van der Waals surface area contributed by atoms with Crippen molar-refractivity contribution in [2.24, 2.45) is 0 Å². The van der Waals surface area contributed by atoms with Gasteiger partial charge < -0.3 is 15.0 Å². The molecule has 116 valence electrons. The van der Waals surface area contributed by atoms with Crippen molar-refractivity contribution in [3.8, 4) is 0 Å². The van der Waals surface area contributed by atoms with Crippen LogP contribution < -0.4 is 15.8 Å². The summed E-state index contributed by atoms with van der Waals surface area (Å²) in [7, 11) is 0. The molecular weight excluding hydrogens is 268 g/mol. The van der Waals surface area contributed by atoms with Gasteiger partial charge in [-0.3, -0.25) is 4.79 Å². The van der Waals surface area contributed by atoms with Crippen molar-refractivity contribution < 1.29 is 4.74 Å². The number of hydrogen-bond donors (Lipinski definition) is 1. The molecule has 0 saturated carbocycles. The van der Waals surface area contributed by atoms with E-state index >= 15 is 0 Å². The Hall–Kier alpha value is -1.40. The molecule has 0 aromatic carbocycles. The van der Waals surface area contributed by atoms with Crippen LogP contribution in [0.25, 0.3) is 0 Å². The van der Waals surface area contributed by atoms with Gasteiger partial charge in [0.05, 0.1) is 25.1 Å². The van der Waals surface area contributed by atoms with Crippen LogP contribution in [0.3, 0.4) is 0 Å². The van der Waals surface area contributed by atoms with Crippen LogP contribution in [0, 0.1) is 0 Å². The average Bonchev–Trinajstić information content (AvgIpc) is 2.55. The number of nitrogens with one attached hydrogen (secondary N) is 1. The highest BCUT2D eigenvalue weighted by atomic mass is 16.5. The number of hydrogen-bond acceptors (Lipinski definition) is 5. The summed E-state index contributed by atoms with van der Waals surface area (Å²) in [5.41, 5.74) is 0.908. The maximum Gasteiger partial charge on any atom is 0.268 e. The van der Waals surface area contributed by atoms with Gasteiger partial charge >= 0.3 is 0 Å². The SMILES string of the molecule is O=c1cc(N2CCOCC2)cnn1CCC1CCCCN1. The summed E-state index contributed by atoms with van der Waals surface area (Å²) >= 11 is 0. The molecular formula is C15H24N4O2. The first kappa shape index (κ1) is 14.5. The van der Waals surface area contributed by atoms with Crippen molar-refractivity contribution in [3.05, 3.63) is 22.6 Å². The largest absolute Gasteiger partial charge is 0.378 e. The molecule has 1 aromatic rings. The molecule has 2 saturated heterocycles. The molecule has 2 fully saturated rings. The van der Waals surface area contributed by atoms with Gasteiger partial charge in [0.1, 0.15) is 0 Å². The van der Waals surface area contributed by atoms with Crippen LogP contribution in [-0.2, 0) is 11.3 Å². The van der Waals surface area contributed by atoms with Crippen LogP contribution >= 0.6 is 0 Å². The molecule has 3 heterocycles. The minimum atomic E-state index is -0.00481. The van der Waals surface area contributed by atoms with Gasteiger partial charge in [0.2, 0.25) is 0 Å². The summed E-state index contributed by atoms with van der Waals surface area (Å²) in [4.78, 5) is 14.3. The maximum absolute atomic E-state index is 12.2. The minimum absolute atomic E-state index is 0.00481. The van der Waals surface area contributed by atoms with E-state index in [4.69, 9.17) is 4.74 Å². The molecule has 3 rings (SSSR count). The number of anilines is 1. The van der Waals surface area contributed by atoms with Gasteiger partial charge in [-0.25, -0.2) is 4.68 Å². The third-order valence-corrected chi connectivity index (χ3v) is 4.33. The van der Waals surface area contributed by atoms with Crippen LogP contribution in [0.1, 0.15) is 25.7 Å². The molecule has 1 atom stereocenters. The number of aryl methyl sites for hydroxylation is 1. The Kier molecular flexibility index (Phi) is 4.87. The van der Waals surface area contributed by atoms with E-state index in [9.17, 15) is 4.79 Å². The van der Waals surface area contributed by atoms with Gasteiger partial charge in [0, 0.05) is 31.7 Å². The summed E-state index contributed by atoms with van der Waals surface area (Å²) in [6.45, 7) is 4.89. The number of nitrogens with zero attached hydrogens (tertiary/aromatic N) is 3. The molecule has 1 unspecified atom stereocenters. The predicted octanol–water partition coefficient (Wildman–Crippen LogP) is 0.612. The number of ether oxygens (including phenoxy) is 1. The average molecular weight is 292 g/mol. The Balaban J connectivity index is 1.59. The smallest absolute Gasteiger partial charge is 0.268 e. The van der Waals surface area contributed by atoms with Gasteiger partial charge in [0.25, 0.3) is 5.56 Å². The second kappa shape index (κ2) is 7.04. The summed E-state index contributed by atoms with van der Waals surface area (Å²) in [5, 5.41) is 7.84. The third kappa shape index (κ3) is 3.83. The molecule has 1 aromatic heterocycles. The summed E-state index contributed by atoms with van der Waals surface area (Å²) < 4.78 is 6.91. The molecule has 1 N–H and O–H groups in total. The molecule has 0 radical (unpaired) electrons. The van der Waals surface area contributed by atoms with Crippen molar-refractivity contribution >= 4 is 5.69 Å². The van der Waals surface area contributed by atoms with Crippen molar-refractivity contribution in [1.29, 1.82) is 0 Å². The van der Waals surface area contributed by atoms with E-state index in [0.29, 0.717) is 12.6 Å². The number of aromatic nitrogens is 2. The third-order valence-electron chi connectivity index (χ3n) is 4.33. The standard InChI is InChI=1S/C15H24N4O2/c20-15-11-14(18-7-9-21-10-8-18)12-17-19(15)6-4-13-3-1-2-5-16-13/h11-13,16H,1-10H2. The summed E-state index contributed by atoms with van der Waals surface area (Å²) in [6.07, 6.45) is 6.55. The lowest BCUT2D eigenvalue weighted by Gasteiger charge is -2.28. The first-order chi connectivity index (χ1) is 10.3. The molecule has 0 spiro atoms. The van der Waals surface area contributed by atoms with Crippen molar-refractivity contribution in [3.63, 3.8) is 0 Å². The molecule has 0 bridgehead atoms. The zero-order valence-corrected chi connectivity index (χ0v) is 12.5. The highest BCUT2D eigenvalue weighted by molar-refractivity contribution is 5.43. The normalized spacial score (nSPS) is 23.2. The lowest BCUT2D eigenvalue weighted by molar-refractivity contribution is 0.122. The van der Waals surface area contributed by atoms with Crippen LogP contribution in [-0.4, -0.2) is 48.7 Å². The van der Waals surface area contributed by atoms with Gasteiger partial charge in [-0.15, -0.1) is 0 Å². The summed E-state index contributed by atoms with van der Waals surface area (Å²) in [6, 6.07) is 2.23. The quantitative estimate of drug-likeness (QED) is 0.881. The van der Waals surface area contributed by atoms with E-state index in [1.807, 2.05) is 0 Å². The lowest BCUT2D eigenvalue weighted by Crippen LogP contribution is -2.38. The Morgan fingerprint density at radius 1 is 1.33 bits per heavy atom. The first-order valence-electron chi connectivity index (χ1n) is 7.96. The van der Waals surface area contributed by atoms with E-state index in [1.165, 1.54) is 19.3 Å². The second-order valence-corrected chi connectivity index (χ2v) is 5.81. The fourth-order valence-electron chi connectivity index (χ4n) is 3.03. The topological polar surface area (TPSA) is 59.4 Å². The maximum atomic E-state index is 12.2. The molecule has 6 nitrogen and oxygen atoms in total. The highest BCUT2D eigenvalue weighted by Crippen LogP contribution is 2.12. The van der Waals surface area contributed by atoms with Crippen molar-refractivity contribution in [2.45, 2.75) is 38.3 Å². The molecule has 2 aliphatic rings. The Morgan fingerprint density at radius 3 is 2.90 bits per heavy atom. The minimum Gasteiger partial charge on any atom is -0.378 e. The molecule has 21 heavy (non-hydrogen) atoms. The number of piperidine rings is 1. The molecule has 0 aliphatic carbocycles. The summed E-state index contributed by atoms with van der Waals surface area (Å²) in [5.74, 6) is 0. The van der Waals surface area contributed by atoms with Gasteiger partial charge in [-0.05, 0) is 25.8 Å². The van der Waals surface area contributed by atoms with Gasteiger partial charge in [0.15, 0.2) is 0 Å². The Morgan fingerprint density at radius 2 is 2.19 bits per heavy atom. The number of morpholine rings is 1. The van der Waals surface area contributed by atoms with Gasteiger partial charge in [-0.2, -0.15) is 5.10 Å². The van der Waals surface area contributed by atoms with Crippen molar-refractivity contribution in [1.82, 2.24) is 15.1 Å². The fraction of sp³-hybridized carbons (Fsp3) is 0.733. The van der Waals surface area contributed by atoms with Crippen LogP contribution in [0.4, 0.5) is 5.69 Å². The Bertz CT molecular complexity index is 505.